The minimum absolute atomic E-state index is 0. The van der Waals surface area contributed by atoms with Gasteiger partial charge in [0.25, 0.3) is 0 Å². The molecule has 0 fully saturated rings. The highest BCUT2D eigenvalue weighted by molar-refractivity contribution is 5.88. The Morgan fingerprint density at radius 3 is 2.36 bits per heavy atom. The number of hydrogen-bond acceptors (Lipinski definition) is 2. The third-order valence-corrected chi connectivity index (χ3v) is 1.62. The van der Waals surface area contributed by atoms with E-state index in [1.807, 2.05) is 13.8 Å². The number of aromatic carboxylic acids is 1. The molecule has 0 aliphatic rings. The summed E-state index contributed by atoms with van der Waals surface area (Å²) in [7, 11) is 0. The summed E-state index contributed by atoms with van der Waals surface area (Å²) in [6, 6.07) is 3.21. The molecule has 3 nitrogen and oxygen atoms in total. The molecule has 0 bridgehead atoms. The molecule has 0 spiro atoms. The van der Waals surface area contributed by atoms with Crippen molar-refractivity contribution < 1.29 is 9.90 Å². The van der Waals surface area contributed by atoms with Gasteiger partial charge in [0, 0.05) is 6.20 Å². The quantitative estimate of drug-likeness (QED) is 0.861. The van der Waals surface area contributed by atoms with E-state index in [2.05, 4.69) is 4.98 Å². The summed E-state index contributed by atoms with van der Waals surface area (Å²) in [5.74, 6) is -0.760. The molecule has 0 saturated carbocycles. The fourth-order valence-electron chi connectivity index (χ4n) is 1.06. The SMILES string of the molecule is CC(C)c1ncccc1C(=O)O.Cl.Cl. The van der Waals surface area contributed by atoms with Crippen molar-refractivity contribution in [2.45, 2.75) is 19.8 Å². The zero-order chi connectivity index (χ0) is 9.14. The second-order valence-corrected chi connectivity index (χ2v) is 2.90. The molecule has 1 rings (SSSR count). The molecule has 0 unspecified atom stereocenters. The molecule has 0 aliphatic carbocycles. The average Bonchev–Trinajstić information content (AvgIpc) is 2.04. The molecule has 1 aromatic heterocycles. The topological polar surface area (TPSA) is 50.2 Å². The van der Waals surface area contributed by atoms with E-state index in [0.717, 1.165) is 0 Å². The summed E-state index contributed by atoms with van der Waals surface area (Å²) < 4.78 is 0. The monoisotopic (exact) mass is 237 g/mol. The van der Waals surface area contributed by atoms with E-state index in [4.69, 9.17) is 5.11 Å². The number of halogens is 2. The summed E-state index contributed by atoms with van der Waals surface area (Å²) in [6.45, 7) is 3.85. The first-order valence-electron chi connectivity index (χ1n) is 3.81. The Balaban J connectivity index is 0. The van der Waals surface area contributed by atoms with Crippen LogP contribution in [0.5, 0.6) is 0 Å². The fraction of sp³-hybridized carbons (Fsp3) is 0.333. The van der Waals surface area contributed by atoms with E-state index in [1.54, 1.807) is 18.3 Å². The first-order valence-corrected chi connectivity index (χ1v) is 3.81. The van der Waals surface area contributed by atoms with Crippen LogP contribution in [0.1, 0.15) is 35.8 Å². The van der Waals surface area contributed by atoms with Crippen LogP contribution in [0.15, 0.2) is 18.3 Å². The number of aromatic nitrogens is 1. The van der Waals surface area contributed by atoms with Gasteiger partial charge in [0.1, 0.15) is 0 Å². The molecule has 80 valence electrons. The summed E-state index contributed by atoms with van der Waals surface area (Å²) in [4.78, 5) is 14.7. The number of nitrogens with zero attached hydrogens (tertiary/aromatic N) is 1. The lowest BCUT2D eigenvalue weighted by atomic mass is 10.0. The smallest absolute Gasteiger partial charge is 0.337 e. The van der Waals surface area contributed by atoms with Gasteiger partial charge < -0.3 is 5.11 Å². The summed E-state index contributed by atoms with van der Waals surface area (Å²) in [6.07, 6.45) is 1.61. The second-order valence-electron chi connectivity index (χ2n) is 2.90. The zero-order valence-electron chi connectivity index (χ0n) is 7.93. The van der Waals surface area contributed by atoms with Crippen LogP contribution >= 0.6 is 24.8 Å². The van der Waals surface area contributed by atoms with Crippen LogP contribution in [0.2, 0.25) is 0 Å². The summed E-state index contributed by atoms with van der Waals surface area (Å²) in [5.41, 5.74) is 0.942. The van der Waals surface area contributed by atoms with Crippen molar-refractivity contribution in [2.24, 2.45) is 0 Å². The molecule has 5 heteroatoms. The van der Waals surface area contributed by atoms with Crippen molar-refractivity contribution in [3.63, 3.8) is 0 Å². The molecule has 1 N–H and O–H groups in total. The van der Waals surface area contributed by atoms with Crippen molar-refractivity contribution in [1.82, 2.24) is 4.98 Å². The van der Waals surface area contributed by atoms with E-state index in [-0.39, 0.29) is 30.7 Å². The molecular formula is C9H13Cl2NO2. The largest absolute Gasteiger partial charge is 0.478 e. The number of carbonyl (C=O) groups is 1. The van der Waals surface area contributed by atoms with Gasteiger partial charge >= 0.3 is 5.97 Å². The van der Waals surface area contributed by atoms with Crippen LogP contribution in [0.4, 0.5) is 0 Å². The standard InChI is InChI=1S/C9H11NO2.2ClH/c1-6(2)8-7(9(11)12)4-3-5-10-8;;/h3-6H,1-2H3,(H,11,12);2*1H. The second kappa shape index (κ2) is 6.62. The van der Waals surface area contributed by atoms with Gasteiger partial charge in [-0.15, -0.1) is 24.8 Å². The Kier molecular flexibility index (Phi) is 7.41. The number of rotatable bonds is 2. The molecule has 0 radical (unpaired) electrons. The summed E-state index contributed by atoms with van der Waals surface area (Å²) in [5, 5.41) is 8.77. The fourth-order valence-corrected chi connectivity index (χ4v) is 1.06. The van der Waals surface area contributed by atoms with Gasteiger partial charge in [-0.1, -0.05) is 13.8 Å². The Labute approximate surface area is 95.4 Å². The number of carboxylic acid groups (broad SMARTS) is 1. The van der Waals surface area contributed by atoms with Gasteiger partial charge in [-0.2, -0.15) is 0 Å². The molecule has 14 heavy (non-hydrogen) atoms. The molecule has 0 aromatic carbocycles. The van der Waals surface area contributed by atoms with Crippen LogP contribution in [0, 0.1) is 0 Å². The molecule has 0 amide bonds. The van der Waals surface area contributed by atoms with Crippen molar-refractivity contribution in [2.75, 3.05) is 0 Å². The lowest BCUT2D eigenvalue weighted by Crippen LogP contribution is -2.05. The molecule has 1 heterocycles. The predicted molar refractivity (Wildman–Crippen MR) is 59.8 cm³/mol. The molecular weight excluding hydrogens is 225 g/mol. The van der Waals surface area contributed by atoms with E-state index < -0.39 is 5.97 Å². The molecule has 0 saturated heterocycles. The first-order chi connectivity index (χ1) is 5.63. The molecule has 0 aliphatic heterocycles. The van der Waals surface area contributed by atoms with Crippen molar-refractivity contribution in [3.05, 3.63) is 29.6 Å². The van der Waals surface area contributed by atoms with Crippen LogP contribution in [-0.2, 0) is 0 Å². The van der Waals surface area contributed by atoms with Crippen LogP contribution in [0.25, 0.3) is 0 Å². The van der Waals surface area contributed by atoms with E-state index in [0.29, 0.717) is 11.3 Å². The third-order valence-electron chi connectivity index (χ3n) is 1.62. The van der Waals surface area contributed by atoms with Crippen LogP contribution < -0.4 is 0 Å². The lowest BCUT2D eigenvalue weighted by Gasteiger charge is -2.06. The third kappa shape index (κ3) is 3.52. The lowest BCUT2D eigenvalue weighted by molar-refractivity contribution is 0.0694. The van der Waals surface area contributed by atoms with E-state index in [9.17, 15) is 4.79 Å². The Hall–Kier alpha value is -0.800. The maximum atomic E-state index is 10.7. The summed E-state index contributed by atoms with van der Waals surface area (Å²) >= 11 is 0. The van der Waals surface area contributed by atoms with Gasteiger partial charge in [-0.25, -0.2) is 4.79 Å². The van der Waals surface area contributed by atoms with Crippen molar-refractivity contribution >= 4 is 30.8 Å². The highest BCUT2D eigenvalue weighted by Gasteiger charge is 2.12. The van der Waals surface area contributed by atoms with Gasteiger partial charge in [0.05, 0.1) is 11.3 Å². The number of pyridine rings is 1. The van der Waals surface area contributed by atoms with Gasteiger partial charge in [-0.05, 0) is 18.1 Å². The average molecular weight is 238 g/mol. The Bertz CT molecular complexity index is 303. The van der Waals surface area contributed by atoms with Gasteiger partial charge in [0.15, 0.2) is 0 Å². The minimum atomic E-state index is -0.910. The molecule has 0 atom stereocenters. The highest BCUT2D eigenvalue weighted by Crippen LogP contribution is 2.15. The van der Waals surface area contributed by atoms with Crippen molar-refractivity contribution in [1.29, 1.82) is 0 Å². The zero-order valence-corrected chi connectivity index (χ0v) is 9.56. The van der Waals surface area contributed by atoms with Gasteiger partial charge in [-0.3, -0.25) is 4.98 Å². The normalized spacial score (nSPS) is 8.79. The predicted octanol–water partition coefficient (Wildman–Crippen LogP) is 2.75. The minimum Gasteiger partial charge on any atom is -0.478 e. The van der Waals surface area contributed by atoms with Gasteiger partial charge in [0.2, 0.25) is 0 Å². The number of hydrogen-bond donors (Lipinski definition) is 1. The van der Waals surface area contributed by atoms with E-state index >= 15 is 0 Å². The molecule has 1 aromatic rings. The number of carboxylic acids is 1. The van der Waals surface area contributed by atoms with Crippen LogP contribution in [0.3, 0.4) is 0 Å². The van der Waals surface area contributed by atoms with Crippen LogP contribution in [-0.4, -0.2) is 16.1 Å². The maximum absolute atomic E-state index is 10.7. The maximum Gasteiger partial charge on any atom is 0.337 e. The van der Waals surface area contributed by atoms with Crippen molar-refractivity contribution in [3.8, 4) is 0 Å². The Morgan fingerprint density at radius 1 is 1.43 bits per heavy atom. The van der Waals surface area contributed by atoms with E-state index in [1.165, 1.54) is 0 Å². The first kappa shape index (κ1) is 15.7. The Morgan fingerprint density at radius 2 is 2.00 bits per heavy atom. The highest BCUT2D eigenvalue weighted by atomic mass is 35.5.